The van der Waals surface area contributed by atoms with E-state index >= 15 is 0 Å². The predicted molar refractivity (Wildman–Crippen MR) is 370 cm³/mol. The number of hydrogen-bond donors (Lipinski definition) is 18. The third-order valence-corrected chi connectivity index (χ3v) is 20.1. The number of hydrogen-bond acceptors (Lipinski definition) is 28. The Morgan fingerprint density at radius 2 is 0.728 bits per heavy atom. The van der Waals surface area contributed by atoms with Crippen molar-refractivity contribution >= 4 is 17.7 Å². The van der Waals surface area contributed by atoms with E-state index in [4.69, 9.17) is 47.4 Å². The van der Waals surface area contributed by atoms with Gasteiger partial charge in [0.15, 0.2) is 31.5 Å². The Bertz CT molecular complexity index is 2310. The highest BCUT2D eigenvalue weighted by molar-refractivity contribution is 5.76. The van der Waals surface area contributed by atoms with Crippen LogP contribution in [0.3, 0.4) is 0 Å². The molecular formula is C72H131N3O28. The molecule has 0 aromatic rings. The zero-order valence-electron chi connectivity index (χ0n) is 61.2. The van der Waals surface area contributed by atoms with Crippen LogP contribution in [0.1, 0.15) is 220 Å². The molecule has 103 heavy (non-hydrogen) atoms. The van der Waals surface area contributed by atoms with Gasteiger partial charge in [-0.05, 0) is 19.3 Å². The average Bonchev–Trinajstić information content (AvgIpc) is 0.774. The van der Waals surface area contributed by atoms with Gasteiger partial charge in [0.1, 0.15) is 122 Å². The molecule has 5 aliphatic rings. The second-order valence-corrected chi connectivity index (χ2v) is 28.6. The Kier molecular flexibility index (Phi) is 44.1. The molecule has 31 heteroatoms. The van der Waals surface area contributed by atoms with Gasteiger partial charge in [-0.25, -0.2) is 0 Å². The molecule has 0 aromatic heterocycles. The number of amides is 3. The fraction of sp³-hybridized carbons (Fsp3) is 0.931. The molecule has 10 unspecified atom stereocenters. The minimum absolute atomic E-state index is 0.195. The van der Waals surface area contributed by atoms with Gasteiger partial charge in [0.2, 0.25) is 17.7 Å². The molecule has 0 radical (unpaired) electrons. The molecule has 0 bridgehead atoms. The zero-order chi connectivity index (χ0) is 75.4. The first kappa shape index (κ1) is 90.8. The highest BCUT2D eigenvalue weighted by Gasteiger charge is 2.57. The van der Waals surface area contributed by atoms with Crippen LogP contribution in [0.25, 0.3) is 0 Å². The Labute approximate surface area is 607 Å². The van der Waals surface area contributed by atoms with Crippen LogP contribution in [0.2, 0.25) is 0 Å². The molecule has 5 saturated heterocycles. The van der Waals surface area contributed by atoms with Gasteiger partial charge >= 0.3 is 0 Å². The van der Waals surface area contributed by atoms with Crippen LogP contribution in [0.4, 0.5) is 0 Å². The number of carbonyl (C=O) groups is 3. The smallest absolute Gasteiger partial charge is 0.220 e. The first-order valence-corrected chi connectivity index (χ1v) is 38.5. The van der Waals surface area contributed by atoms with Crippen LogP contribution in [0, 0.1) is 0 Å². The largest absolute Gasteiger partial charge is 0.394 e. The molecule has 5 aliphatic heterocycles. The second kappa shape index (κ2) is 50.0. The number of rotatable bonds is 51. The Hall–Kier alpha value is -2.85. The van der Waals surface area contributed by atoms with Crippen molar-refractivity contribution in [2.75, 3.05) is 39.6 Å². The van der Waals surface area contributed by atoms with Crippen LogP contribution in [0.15, 0.2) is 12.2 Å². The molecule has 5 fully saturated rings. The minimum Gasteiger partial charge on any atom is -0.394 e. The summed E-state index contributed by atoms with van der Waals surface area (Å²) in [6.07, 6.45) is -6.53. The van der Waals surface area contributed by atoms with Crippen molar-refractivity contribution in [3.05, 3.63) is 12.2 Å². The number of allylic oxidation sites excluding steroid dienone is 1. The van der Waals surface area contributed by atoms with Crippen LogP contribution in [0.5, 0.6) is 0 Å². The summed E-state index contributed by atoms with van der Waals surface area (Å²) in [4.78, 5) is 38.6. The maximum atomic E-state index is 13.5. The Morgan fingerprint density at radius 1 is 0.379 bits per heavy atom. The average molecular weight is 1490 g/mol. The molecule has 0 spiro atoms. The molecule has 602 valence electrons. The lowest BCUT2D eigenvalue weighted by Gasteiger charge is -2.50. The molecule has 3 amide bonds. The monoisotopic (exact) mass is 1490 g/mol. The van der Waals surface area contributed by atoms with E-state index in [0.717, 1.165) is 58.8 Å². The zero-order valence-corrected chi connectivity index (χ0v) is 61.2. The molecule has 0 saturated carbocycles. The quantitative estimate of drug-likeness (QED) is 0.0292. The van der Waals surface area contributed by atoms with E-state index in [1.165, 1.54) is 128 Å². The van der Waals surface area contributed by atoms with Crippen LogP contribution < -0.4 is 16.0 Å². The van der Waals surface area contributed by atoms with E-state index in [1.54, 1.807) is 6.08 Å². The van der Waals surface area contributed by atoms with E-state index in [2.05, 4.69) is 29.8 Å². The van der Waals surface area contributed by atoms with Gasteiger partial charge in [-0.2, -0.15) is 0 Å². The summed E-state index contributed by atoms with van der Waals surface area (Å²) in [5, 5.41) is 174. The van der Waals surface area contributed by atoms with Crippen molar-refractivity contribution in [3.63, 3.8) is 0 Å². The first-order valence-electron chi connectivity index (χ1n) is 38.5. The van der Waals surface area contributed by atoms with Crippen LogP contribution in [-0.2, 0) is 61.8 Å². The fourth-order valence-corrected chi connectivity index (χ4v) is 14.0. The van der Waals surface area contributed by atoms with E-state index in [1.807, 2.05) is 6.08 Å². The third-order valence-electron chi connectivity index (χ3n) is 20.1. The SMILES string of the molecule is CCCCCCCCCCCCC/C=C/[C@@H](O)[C@H](CO[C@@H]1OC(CO)[C@@H](O[C@@H]2OC(CO)[C@H](O[C@@H]3OC(CO)[C@H](O)[C@H](O[C@@H]4OC(CO)[C@H](O)[C@H](O[C@@H]5OC(CO)[C@H](O)[C@H](O)C5NC(C)=O)C4O)C3NC(C)=O)[C@H](O)C2O)[C@H](O)C1O)NC(=O)CCCCCCCCCCCCCCCCCCC. The van der Waals surface area contributed by atoms with Crippen LogP contribution in [-0.4, -0.2) is 300 Å². The number of unbranched alkanes of at least 4 members (excludes halogenated alkanes) is 27. The van der Waals surface area contributed by atoms with Crippen molar-refractivity contribution in [1.82, 2.24) is 16.0 Å². The normalized spacial score (nSPS) is 34.9. The highest BCUT2D eigenvalue weighted by Crippen LogP contribution is 2.37. The van der Waals surface area contributed by atoms with E-state index in [0.29, 0.717) is 12.8 Å². The number of aliphatic hydroxyl groups excluding tert-OH is 15. The molecule has 18 N–H and O–H groups in total. The van der Waals surface area contributed by atoms with Gasteiger partial charge in [-0.15, -0.1) is 0 Å². The standard InChI is InChI=1S/C72H131N3O28/c1-5-7-9-11-13-15-17-19-20-21-22-24-26-28-30-32-34-36-52(84)75-45(46(83)35-33-31-29-27-25-23-18-16-14-12-10-8-6-2)42-94-70-61(91)59(89)65(50(40-79)98-70)101-71-62(92)60(90)64(51(41-80)99-71)100-69-54(74-44(4)82)66(56(86)48(38-77)96-69)102-72-63(93)67(57(87)49(39-78)97-72)103-68-53(73-43(3)81)58(88)55(85)47(37-76)95-68/h33,35,45-51,53-72,76-80,83,85-93H,5-32,34,36-42H2,1-4H3,(H,73,81)(H,74,82)(H,75,84)/b35-33+/t45-,46+,47?,48?,49?,50?,51?,53?,54?,55-,56-,57-,58+,59+,60+,61?,62?,63?,64-,65+,66+,67-,68-,69-,70+,71-,72-/m0/s1. The van der Waals surface area contributed by atoms with Gasteiger partial charge < -0.3 is 140 Å². The first-order chi connectivity index (χ1) is 49.6. The Balaban J connectivity index is 1.20. The number of carbonyl (C=O) groups excluding carboxylic acids is 3. The lowest BCUT2D eigenvalue weighted by molar-refractivity contribution is -0.383. The minimum atomic E-state index is -2.17. The highest BCUT2D eigenvalue weighted by atomic mass is 16.8. The van der Waals surface area contributed by atoms with Crippen molar-refractivity contribution < 1.29 is 138 Å². The van der Waals surface area contributed by atoms with Crippen molar-refractivity contribution in [3.8, 4) is 0 Å². The lowest BCUT2D eigenvalue weighted by atomic mass is 9.94. The van der Waals surface area contributed by atoms with Crippen LogP contribution >= 0.6 is 0 Å². The van der Waals surface area contributed by atoms with Crippen molar-refractivity contribution in [1.29, 1.82) is 0 Å². The van der Waals surface area contributed by atoms with Gasteiger partial charge in [-0.1, -0.05) is 193 Å². The topological polar surface area (TPSA) is 483 Å². The summed E-state index contributed by atoms with van der Waals surface area (Å²) in [7, 11) is 0. The summed E-state index contributed by atoms with van der Waals surface area (Å²) in [6.45, 7) is 1.39. The van der Waals surface area contributed by atoms with Gasteiger partial charge in [0, 0.05) is 20.3 Å². The summed E-state index contributed by atoms with van der Waals surface area (Å²) < 4.78 is 59.1. The molecule has 0 aromatic carbocycles. The second-order valence-electron chi connectivity index (χ2n) is 28.6. The summed E-state index contributed by atoms with van der Waals surface area (Å²) in [5.74, 6) is -1.89. The third kappa shape index (κ3) is 29.5. The van der Waals surface area contributed by atoms with E-state index < -0.39 is 217 Å². The number of aliphatic hydroxyl groups is 15. The van der Waals surface area contributed by atoms with E-state index in [-0.39, 0.29) is 12.3 Å². The van der Waals surface area contributed by atoms with Gasteiger partial charge in [0.05, 0.1) is 51.8 Å². The van der Waals surface area contributed by atoms with Gasteiger partial charge in [-0.3, -0.25) is 14.4 Å². The Morgan fingerprint density at radius 3 is 1.19 bits per heavy atom. The van der Waals surface area contributed by atoms with Gasteiger partial charge in [0.25, 0.3) is 0 Å². The number of nitrogens with one attached hydrogen (secondary N) is 3. The molecule has 5 rings (SSSR count). The summed E-state index contributed by atoms with van der Waals surface area (Å²) in [6, 6.07) is -4.37. The fourth-order valence-electron chi connectivity index (χ4n) is 14.0. The summed E-state index contributed by atoms with van der Waals surface area (Å²) >= 11 is 0. The predicted octanol–water partition coefficient (Wildman–Crippen LogP) is 0.532. The molecule has 5 heterocycles. The van der Waals surface area contributed by atoms with Crippen molar-refractivity contribution in [2.24, 2.45) is 0 Å². The summed E-state index contributed by atoms with van der Waals surface area (Å²) in [5.41, 5.74) is 0. The molecule has 27 atom stereocenters. The molecular weight excluding hydrogens is 1350 g/mol. The molecule has 31 nitrogen and oxygen atoms in total. The van der Waals surface area contributed by atoms with E-state index in [9.17, 15) is 91.0 Å². The molecule has 0 aliphatic carbocycles. The maximum absolute atomic E-state index is 13.5. The van der Waals surface area contributed by atoms with Crippen molar-refractivity contribution in [2.45, 2.75) is 386 Å². The number of ether oxygens (including phenoxy) is 10. The maximum Gasteiger partial charge on any atom is 0.220 e. The lowest BCUT2D eigenvalue weighted by Crippen LogP contribution is -2.70.